The zero-order valence-corrected chi connectivity index (χ0v) is 10.5. The van der Waals surface area contributed by atoms with Gasteiger partial charge in [-0.2, -0.15) is 0 Å². The summed E-state index contributed by atoms with van der Waals surface area (Å²) >= 11 is 0. The van der Waals surface area contributed by atoms with Gasteiger partial charge in [-0.15, -0.1) is 0 Å². The van der Waals surface area contributed by atoms with Gasteiger partial charge in [-0.05, 0) is 18.3 Å². The van der Waals surface area contributed by atoms with E-state index in [-0.39, 0.29) is 0 Å². The molecular formula is C12H23N3. The minimum Gasteiger partial charge on any atom is -0.355 e. The molecule has 1 heterocycles. The second kappa shape index (κ2) is 4.69. The van der Waals surface area contributed by atoms with E-state index in [0.717, 1.165) is 19.0 Å². The highest BCUT2D eigenvalue weighted by Gasteiger charge is 2.19. The van der Waals surface area contributed by atoms with Crippen LogP contribution in [0.4, 0.5) is 5.95 Å². The van der Waals surface area contributed by atoms with Crippen LogP contribution in [0.25, 0.3) is 0 Å². The SMILES string of the molecule is CCn1ccnc1NCC(C)C(C)(C)C. The van der Waals surface area contributed by atoms with E-state index in [0.29, 0.717) is 11.3 Å². The van der Waals surface area contributed by atoms with E-state index in [1.165, 1.54) is 0 Å². The van der Waals surface area contributed by atoms with Crippen LogP contribution in [0.1, 0.15) is 34.6 Å². The third kappa shape index (κ3) is 3.26. The minimum atomic E-state index is 0.344. The summed E-state index contributed by atoms with van der Waals surface area (Å²) in [6.45, 7) is 13.1. The van der Waals surface area contributed by atoms with Crippen LogP contribution in [0.15, 0.2) is 12.4 Å². The first-order valence-electron chi connectivity index (χ1n) is 5.70. The van der Waals surface area contributed by atoms with Crippen LogP contribution < -0.4 is 5.32 Å². The fourth-order valence-corrected chi connectivity index (χ4v) is 1.28. The van der Waals surface area contributed by atoms with Crippen LogP contribution >= 0.6 is 0 Å². The quantitative estimate of drug-likeness (QED) is 0.826. The summed E-state index contributed by atoms with van der Waals surface area (Å²) in [5.74, 6) is 1.60. The zero-order valence-electron chi connectivity index (χ0n) is 10.5. The third-order valence-electron chi connectivity index (χ3n) is 3.10. The maximum Gasteiger partial charge on any atom is 0.202 e. The highest BCUT2D eigenvalue weighted by atomic mass is 15.2. The molecular weight excluding hydrogens is 186 g/mol. The van der Waals surface area contributed by atoms with E-state index in [4.69, 9.17) is 0 Å². The summed E-state index contributed by atoms with van der Waals surface area (Å²) in [7, 11) is 0. The van der Waals surface area contributed by atoms with Crippen molar-refractivity contribution in [2.75, 3.05) is 11.9 Å². The Morgan fingerprint density at radius 3 is 2.67 bits per heavy atom. The van der Waals surface area contributed by atoms with Gasteiger partial charge in [0.15, 0.2) is 0 Å². The molecule has 1 aromatic heterocycles. The Kier molecular flexibility index (Phi) is 3.77. The molecule has 1 unspecified atom stereocenters. The smallest absolute Gasteiger partial charge is 0.202 e. The molecule has 0 saturated carbocycles. The lowest BCUT2D eigenvalue weighted by molar-refractivity contribution is 0.274. The predicted octanol–water partition coefficient (Wildman–Crippen LogP) is 3.00. The lowest BCUT2D eigenvalue weighted by Crippen LogP contribution is -2.25. The molecule has 1 N–H and O–H groups in total. The molecule has 0 radical (unpaired) electrons. The molecule has 1 atom stereocenters. The Balaban J connectivity index is 2.50. The Morgan fingerprint density at radius 1 is 1.47 bits per heavy atom. The molecule has 86 valence electrons. The molecule has 3 heteroatoms. The highest BCUT2D eigenvalue weighted by molar-refractivity contribution is 5.25. The van der Waals surface area contributed by atoms with Crippen LogP contribution in [0.5, 0.6) is 0 Å². The molecule has 0 fully saturated rings. The van der Waals surface area contributed by atoms with Gasteiger partial charge in [0.25, 0.3) is 0 Å². The van der Waals surface area contributed by atoms with E-state index < -0.39 is 0 Å². The van der Waals surface area contributed by atoms with Crippen molar-refractivity contribution >= 4 is 5.95 Å². The minimum absolute atomic E-state index is 0.344. The Hall–Kier alpha value is -0.990. The van der Waals surface area contributed by atoms with Crippen molar-refractivity contribution < 1.29 is 0 Å². The lowest BCUT2D eigenvalue weighted by Gasteiger charge is -2.27. The van der Waals surface area contributed by atoms with Crippen molar-refractivity contribution in [2.45, 2.75) is 41.2 Å². The fraction of sp³-hybridized carbons (Fsp3) is 0.750. The number of hydrogen-bond donors (Lipinski definition) is 1. The van der Waals surface area contributed by atoms with Gasteiger partial charge in [-0.25, -0.2) is 4.98 Å². The zero-order chi connectivity index (χ0) is 11.5. The molecule has 0 spiro atoms. The summed E-state index contributed by atoms with van der Waals surface area (Å²) in [5.41, 5.74) is 0.344. The predicted molar refractivity (Wildman–Crippen MR) is 65.0 cm³/mol. The normalized spacial score (nSPS) is 13.9. The molecule has 1 aromatic rings. The average molecular weight is 209 g/mol. The second-order valence-electron chi connectivity index (χ2n) is 5.18. The van der Waals surface area contributed by atoms with Gasteiger partial charge in [-0.1, -0.05) is 27.7 Å². The molecule has 15 heavy (non-hydrogen) atoms. The standard InChI is InChI=1S/C12H23N3/c1-6-15-8-7-13-11(15)14-9-10(2)12(3,4)5/h7-8,10H,6,9H2,1-5H3,(H,13,14). The first kappa shape index (κ1) is 12.1. The van der Waals surface area contributed by atoms with Crippen LogP contribution in [0, 0.1) is 11.3 Å². The van der Waals surface area contributed by atoms with Crippen molar-refractivity contribution in [2.24, 2.45) is 11.3 Å². The summed E-state index contributed by atoms with van der Waals surface area (Å²) in [6, 6.07) is 0. The Bertz CT molecular complexity index is 296. The maximum atomic E-state index is 4.29. The van der Waals surface area contributed by atoms with Crippen molar-refractivity contribution in [1.29, 1.82) is 0 Å². The Labute approximate surface area is 92.9 Å². The Morgan fingerprint density at radius 2 is 2.13 bits per heavy atom. The topological polar surface area (TPSA) is 29.9 Å². The van der Waals surface area contributed by atoms with E-state index >= 15 is 0 Å². The van der Waals surface area contributed by atoms with E-state index in [2.05, 4.69) is 49.5 Å². The lowest BCUT2D eigenvalue weighted by atomic mass is 9.82. The molecule has 0 aliphatic rings. The number of nitrogens with zero attached hydrogens (tertiary/aromatic N) is 2. The third-order valence-corrected chi connectivity index (χ3v) is 3.10. The van der Waals surface area contributed by atoms with E-state index in [1.54, 1.807) is 0 Å². The fourth-order valence-electron chi connectivity index (χ4n) is 1.28. The number of aryl methyl sites for hydroxylation is 1. The van der Waals surface area contributed by atoms with Gasteiger partial charge < -0.3 is 9.88 Å². The van der Waals surface area contributed by atoms with Gasteiger partial charge in [0, 0.05) is 25.5 Å². The van der Waals surface area contributed by atoms with Crippen LogP contribution in [-0.4, -0.2) is 16.1 Å². The van der Waals surface area contributed by atoms with Crippen LogP contribution in [-0.2, 0) is 6.54 Å². The highest BCUT2D eigenvalue weighted by Crippen LogP contribution is 2.25. The van der Waals surface area contributed by atoms with Gasteiger partial charge in [0.05, 0.1) is 0 Å². The molecule has 0 aliphatic heterocycles. The van der Waals surface area contributed by atoms with Gasteiger partial charge in [0.1, 0.15) is 0 Å². The molecule has 0 saturated heterocycles. The monoisotopic (exact) mass is 209 g/mol. The van der Waals surface area contributed by atoms with Crippen molar-refractivity contribution in [3.8, 4) is 0 Å². The average Bonchev–Trinajstić information content (AvgIpc) is 2.59. The van der Waals surface area contributed by atoms with Crippen LogP contribution in [0.2, 0.25) is 0 Å². The molecule has 0 bridgehead atoms. The summed E-state index contributed by atoms with van der Waals surface area (Å²) in [5, 5.41) is 3.40. The van der Waals surface area contributed by atoms with Crippen molar-refractivity contribution in [3.63, 3.8) is 0 Å². The summed E-state index contributed by atoms with van der Waals surface area (Å²) in [4.78, 5) is 4.29. The summed E-state index contributed by atoms with van der Waals surface area (Å²) < 4.78 is 2.12. The first-order valence-corrected chi connectivity index (χ1v) is 5.70. The number of anilines is 1. The molecule has 1 rings (SSSR count). The van der Waals surface area contributed by atoms with E-state index in [9.17, 15) is 0 Å². The number of hydrogen-bond acceptors (Lipinski definition) is 2. The first-order chi connectivity index (χ1) is 6.95. The molecule has 0 aromatic carbocycles. The number of aromatic nitrogens is 2. The van der Waals surface area contributed by atoms with E-state index in [1.807, 2.05) is 12.4 Å². The molecule has 3 nitrogen and oxygen atoms in total. The molecule has 0 aliphatic carbocycles. The number of rotatable bonds is 4. The van der Waals surface area contributed by atoms with Crippen LogP contribution in [0.3, 0.4) is 0 Å². The van der Waals surface area contributed by atoms with Crippen molar-refractivity contribution in [1.82, 2.24) is 9.55 Å². The van der Waals surface area contributed by atoms with Gasteiger partial charge >= 0.3 is 0 Å². The molecule has 0 amide bonds. The van der Waals surface area contributed by atoms with Gasteiger partial charge in [-0.3, -0.25) is 0 Å². The number of imidazole rings is 1. The largest absolute Gasteiger partial charge is 0.355 e. The second-order valence-corrected chi connectivity index (χ2v) is 5.18. The summed E-state index contributed by atoms with van der Waals surface area (Å²) in [6.07, 6.45) is 3.84. The maximum absolute atomic E-state index is 4.29. The van der Waals surface area contributed by atoms with Crippen molar-refractivity contribution in [3.05, 3.63) is 12.4 Å². The van der Waals surface area contributed by atoms with Gasteiger partial charge in [0.2, 0.25) is 5.95 Å². The number of nitrogens with one attached hydrogen (secondary N) is 1.